The van der Waals surface area contributed by atoms with Gasteiger partial charge in [0.1, 0.15) is 0 Å². The average molecular weight is 314 g/mol. The van der Waals surface area contributed by atoms with E-state index in [0.717, 1.165) is 5.56 Å². The van der Waals surface area contributed by atoms with Crippen LogP contribution < -0.4 is 16.1 Å². The van der Waals surface area contributed by atoms with Gasteiger partial charge in [0.25, 0.3) is 11.5 Å². The fourth-order valence-electron chi connectivity index (χ4n) is 2.10. The maximum Gasteiger partial charge on any atom is 0.251 e. The van der Waals surface area contributed by atoms with E-state index in [4.69, 9.17) is 0 Å². The fraction of sp³-hybridized carbons (Fsp3) is 0.294. The van der Waals surface area contributed by atoms with Gasteiger partial charge in [-0.3, -0.25) is 9.59 Å². The molecular formula is C17H22N2O2Si. The average Bonchev–Trinajstić information content (AvgIpc) is 2.47. The van der Waals surface area contributed by atoms with Crippen LogP contribution in [0.3, 0.4) is 0 Å². The normalized spacial score (nSPS) is 11.3. The number of nitrogens with one attached hydrogen (secondary N) is 1. The second-order valence-electron chi connectivity index (χ2n) is 6.49. The second kappa shape index (κ2) is 6.32. The number of nitrogens with zero attached hydrogens (tertiary/aromatic N) is 1. The van der Waals surface area contributed by atoms with Crippen LogP contribution in [-0.4, -0.2) is 18.5 Å². The van der Waals surface area contributed by atoms with Crippen molar-refractivity contribution in [3.8, 4) is 0 Å². The minimum absolute atomic E-state index is 0.188. The highest BCUT2D eigenvalue weighted by Crippen LogP contribution is 2.05. The predicted molar refractivity (Wildman–Crippen MR) is 92.3 cm³/mol. The lowest BCUT2D eigenvalue weighted by Crippen LogP contribution is -2.37. The van der Waals surface area contributed by atoms with Crippen LogP contribution in [0.5, 0.6) is 0 Å². The predicted octanol–water partition coefficient (Wildman–Crippen LogP) is 1.86. The van der Waals surface area contributed by atoms with Crippen molar-refractivity contribution in [2.75, 3.05) is 0 Å². The molecule has 0 spiro atoms. The number of aromatic nitrogens is 1. The molecule has 1 amide bonds. The number of benzene rings is 1. The standard InChI is InChI=1S/C17H22N2O2Si/c1-19-10-9-14(11-16(19)20)17(21)18-12-13-5-7-15(8-6-13)22(2,3)4/h5-11H,12H2,1-4H3,(H,18,21). The molecule has 0 unspecified atom stereocenters. The maximum absolute atomic E-state index is 12.1. The van der Waals surface area contributed by atoms with Gasteiger partial charge in [-0.1, -0.05) is 49.1 Å². The van der Waals surface area contributed by atoms with Crippen LogP contribution in [0.1, 0.15) is 15.9 Å². The van der Waals surface area contributed by atoms with Crippen LogP contribution in [-0.2, 0) is 13.6 Å². The highest BCUT2D eigenvalue weighted by atomic mass is 28.3. The minimum atomic E-state index is -1.29. The topological polar surface area (TPSA) is 51.1 Å². The first kappa shape index (κ1) is 16.2. The van der Waals surface area contributed by atoms with Crippen LogP contribution in [0.2, 0.25) is 19.6 Å². The Morgan fingerprint density at radius 3 is 2.32 bits per heavy atom. The Kier molecular flexibility index (Phi) is 4.66. The number of rotatable bonds is 4. The lowest BCUT2D eigenvalue weighted by Gasteiger charge is -2.16. The Morgan fingerprint density at radius 1 is 1.14 bits per heavy atom. The van der Waals surface area contributed by atoms with Gasteiger partial charge in [0.15, 0.2) is 0 Å². The summed E-state index contributed by atoms with van der Waals surface area (Å²) in [7, 11) is 0.367. The Labute approximate surface area is 131 Å². The SMILES string of the molecule is Cn1ccc(C(=O)NCc2ccc([Si](C)(C)C)cc2)cc1=O. The third-order valence-corrected chi connectivity index (χ3v) is 5.70. The first-order chi connectivity index (χ1) is 10.3. The maximum atomic E-state index is 12.1. The highest BCUT2D eigenvalue weighted by Gasteiger charge is 2.15. The van der Waals surface area contributed by atoms with Gasteiger partial charge in [0.2, 0.25) is 0 Å². The highest BCUT2D eigenvalue weighted by molar-refractivity contribution is 6.88. The lowest BCUT2D eigenvalue weighted by molar-refractivity contribution is 0.0950. The number of hydrogen-bond donors (Lipinski definition) is 1. The molecule has 0 saturated heterocycles. The van der Waals surface area contributed by atoms with Crippen LogP contribution in [0.4, 0.5) is 0 Å². The molecule has 0 radical (unpaired) electrons. The molecule has 116 valence electrons. The summed E-state index contributed by atoms with van der Waals surface area (Å²) in [4.78, 5) is 23.6. The molecule has 1 N–H and O–H groups in total. The van der Waals surface area contributed by atoms with Gasteiger partial charge in [-0.05, 0) is 11.6 Å². The van der Waals surface area contributed by atoms with Gasteiger partial charge in [0.05, 0.1) is 8.07 Å². The van der Waals surface area contributed by atoms with Gasteiger partial charge in [-0.25, -0.2) is 0 Å². The van der Waals surface area contributed by atoms with Gasteiger partial charge in [-0.15, -0.1) is 0 Å². The summed E-state index contributed by atoms with van der Waals surface area (Å²) < 4.78 is 1.44. The summed E-state index contributed by atoms with van der Waals surface area (Å²) in [6.07, 6.45) is 1.60. The van der Waals surface area contributed by atoms with Gasteiger partial charge in [0, 0.05) is 31.4 Å². The Balaban J connectivity index is 2.02. The minimum Gasteiger partial charge on any atom is -0.348 e. The number of pyridine rings is 1. The Morgan fingerprint density at radius 2 is 1.77 bits per heavy atom. The zero-order valence-electron chi connectivity index (χ0n) is 13.5. The third kappa shape index (κ3) is 3.95. The molecule has 0 aliphatic rings. The van der Waals surface area contributed by atoms with Crippen molar-refractivity contribution in [2.45, 2.75) is 26.2 Å². The molecule has 2 rings (SSSR count). The van der Waals surface area contributed by atoms with Crippen LogP contribution >= 0.6 is 0 Å². The van der Waals surface area contributed by atoms with E-state index in [1.54, 1.807) is 19.3 Å². The van der Waals surface area contributed by atoms with E-state index in [2.05, 4.69) is 49.2 Å². The second-order valence-corrected chi connectivity index (χ2v) is 11.6. The zero-order chi connectivity index (χ0) is 16.3. The van der Waals surface area contributed by atoms with E-state index in [1.165, 1.54) is 15.8 Å². The summed E-state index contributed by atoms with van der Waals surface area (Å²) in [5.41, 5.74) is 1.26. The van der Waals surface area contributed by atoms with E-state index in [0.29, 0.717) is 12.1 Å². The van der Waals surface area contributed by atoms with Gasteiger partial charge < -0.3 is 9.88 Å². The fourth-order valence-corrected chi connectivity index (χ4v) is 3.26. The molecule has 1 aromatic heterocycles. The quantitative estimate of drug-likeness (QED) is 0.876. The molecule has 1 heterocycles. The Bertz CT molecular complexity index is 728. The molecule has 0 aliphatic carbocycles. The molecule has 5 heteroatoms. The number of carbonyl (C=O) groups is 1. The molecule has 0 atom stereocenters. The first-order valence-electron chi connectivity index (χ1n) is 7.32. The van der Waals surface area contributed by atoms with Crippen molar-refractivity contribution in [2.24, 2.45) is 7.05 Å². The van der Waals surface area contributed by atoms with Crippen LogP contribution in [0.15, 0.2) is 47.4 Å². The first-order valence-corrected chi connectivity index (χ1v) is 10.8. The van der Waals surface area contributed by atoms with Crippen LogP contribution in [0, 0.1) is 0 Å². The van der Waals surface area contributed by atoms with E-state index in [-0.39, 0.29) is 11.5 Å². The molecular weight excluding hydrogens is 292 g/mol. The molecule has 22 heavy (non-hydrogen) atoms. The van der Waals surface area contributed by atoms with Gasteiger partial charge >= 0.3 is 0 Å². The van der Waals surface area contributed by atoms with E-state index in [9.17, 15) is 9.59 Å². The monoisotopic (exact) mass is 314 g/mol. The molecule has 1 aromatic carbocycles. The summed E-state index contributed by atoms with van der Waals surface area (Å²) in [5.74, 6) is -0.230. The number of aryl methyl sites for hydroxylation is 1. The zero-order valence-corrected chi connectivity index (χ0v) is 14.5. The molecule has 0 aliphatic heterocycles. The van der Waals surface area contributed by atoms with Crippen molar-refractivity contribution in [3.05, 3.63) is 64.1 Å². The summed E-state index contributed by atoms with van der Waals surface area (Å²) >= 11 is 0. The largest absolute Gasteiger partial charge is 0.348 e. The molecule has 0 saturated carbocycles. The Hall–Kier alpha value is -2.14. The lowest BCUT2D eigenvalue weighted by atomic mass is 10.2. The molecule has 0 fully saturated rings. The van der Waals surface area contributed by atoms with Crippen LogP contribution in [0.25, 0.3) is 0 Å². The third-order valence-electron chi connectivity index (χ3n) is 3.64. The molecule has 0 bridgehead atoms. The number of hydrogen-bond acceptors (Lipinski definition) is 2. The van der Waals surface area contributed by atoms with Gasteiger partial charge in [-0.2, -0.15) is 0 Å². The summed E-state index contributed by atoms with van der Waals surface area (Å²) in [6, 6.07) is 11.4. The summed E-state index contributed by atoms with van der Waals surface area (Å²) in [6.45, 7) is 7.37. The van der Waals surface area contributed by atoms with E-state index < -0.39 is 8.07 Å². The summed E-state index contributed by atoms with van der Waals surface area (Å²) in [5, 5.41) is 4.24. The number of carbonyl (C=O) groups excluding carboxylic acids is 1. The van der Waals surface area contributed by atoms with E-state index in [1.807, 2.05) is 0 Å². The molecule has 2 aromatic rings. The smallest absolute Gasteiger partial charge is 0.251 e. The van der Waals surface area contributed by atoms with Crippen molar-refractivity contribution < 1.29 is 4.79 Å². The van der Waals surface area contributed by atoms with Crippen molar-refractivity contribution in [1.82, 2.24) is 9.88 Å². The van der Waals surface area contributed by atoms with Crippen molar-refractivity contribution in [3.63, 3.8) is 0 Å². The van der Waals surface area contributed by atoms with E-state index >= 15 is 0 Å². The molecule has 4 nitrogen and oxygen atoms in total. The number of amides is 1. The van der Waals surface area contributed by atoms with Crippen molar-refractivity contribution >= 4 is 19.2 Å². The van der Waals surface area contributed by atoms with Crippen molar-refractivity contribution in [1.29, 1.82) is 0 Å².